The van der Waals surface area contributed by atoms with Crippen molar-refractivity contribution < 1.29 is 0 Å². The van der Waals surface area contributed by atoms with E-state index in [1.807, 2.05) is 18.5 Å². The fraction of sp³-hybridized carbons (Fsp3) is 0.471. The molecule has 0 aromatic carbocycles. The minimum atomic E-state index is 0.462. The first-order chi connectivity index (χ1) is 11.6. The van der Waals surface area contributed by atoms with Gasteiger partial charge >= 0.3 is 0 Å². The van der Waals surface area contributed by atoms with Crippen molar-refractivity contribution in [1.29, 1.82) is 0 Å². The maximum absolute atomic E-state index is 4.71. The van der Waals surface area contributed by atoms with Crippen molar-refractivity contribution in [2.24, 2.45) is 0 Å². The van der Waals surface area contributed by atoms with Crippen molar-refractivity contribution in [3.63, 3.8) is 0 Å². The number of aryl methyl sites for hydroxylation is 2. The molecule has 0 amide bonds. The predicted octanol–water partition coefficient (Wildman–Crippen LogP) is 2.51. The van der Waals surface area contributed by atoms with Gasteiger partial charge in [-0.15, -0.1) is 11.3 Å². The largest absolute Gasteiger partial charge is 0.343 e. The van der Waals surface area contributed by atoms with Gasteiger partial charge in [-0.25, -0.2) is 15.0 Å². The molecule has 1 fully saturated rings. The average molecular weight is 342 g/mol. The summed E-state index contributed by atoms with van der Waals surface area (Å²) < 4.78 is 2.08. The summed E-state index contributed by atoms with van der Waals surface area (Å²) in [5, 5.41) is 3.17. The average Bonchev–Trinajstić information content (AvgIpc) is 3.17. The number of nitrogens with zero attached hydrogens (tertiary/aromatic N) is 6. The van der Waals surface area contributed by atoms with Gasteiger partial charge in [-0.2, -0.15) is 0 Å². The van der Waals surface area contributed by atoms with Gasteiger partial charge in [0.2, 0.25) is 5.78 Å². The van der Waals surface area contributed by atoms with Crippen LogP contribution in [0.25, 0.3) is 5.78 Å². The smallest absolute Gasteiger partial charge is 0.234 e. The van der Waals surface area contributed by atoms with Gasteiger partial charge in [0.25, 0.3) is 0 Å². The summed E-state index contributed by atoms with van der Waals surface area (Å²) in [6.45, 7) is 10.3. The fourth-order valence-corrected chi connectivity index (χ4v) is 4.21. The molecule has 0 saturated carbocycles. The van der Waals surface area contributed by atoms with E-state index in [1.165, 1.54) is 5.69 Å². The maximum atomic E-state index is 4.71. The normalized spacial score (nSPS) is 19.3. The van der Waals surface area contributed by atoms with Crippen LogP contribution in [0.2, 0.25) is 0 Å². The summed E-state index contributed by atoms with van der Waals surface area (Å²) in [7, 11) is 0. The van der Waals surface area contributed by atoms with Crippen molar-refractivity contribution in [3.8, 4) is 0 Å². The van der Waals surface area contributed by atoms with E-state index in [-0.39, 0.29) is 0 Å². The van der Waals surface area contributed by atoms with Crippen LogP contribution in [-0.4, -0.2) is 49.9 Å². The number of thiazole rings is 1. The molecule has 1 aliphatic heterocycles. The molecule has 4 heterocycles. The number of hydrogen-bond donors (Lipinski definition) is 0. The van der Waals surface area contributed by atoms with Gasteiger partial charge < -0.3 is 4.90 Å². The standard InChI is InChI=1S/C17H22N6S/c1-12-8-13(2)23-11-15(20-16(23)19-12)10-21-5-6-22(14(3)9-21)17-18-4-7-24-17/h4,7-8,11,14H,5-6,9-10H2,1-3H3. The van der Waals surface area contributed by atoms with Gasteiger partial charge in [-0.05, 0) is 26.8 Å². The molecule has 1 aliphatic rings. The van der Waals surface area contributed by atoms with Crippen LogP contribution < -0.4 is 4.90 Å². The zero-order valence-corrected chi connectivity index (χ0v) is 15.1. The van der Waals surface area contributed by atoms with Gasteiger partial charge in [-0.3, -0.25) is 9.30 Å². The highest BCUT2D eigenvalue weighted by atomic mass is 32.1. The van der Waals surface area contributed by atoms with Crippen molar-refractivity contribution in [3.05, 3.63) is 40.9 Å². The Kier molecular flexibility index (Phi) is 3.97. The monoisotopic (exact) mass is 342 g/mol. The fourth-order valence-electron chi connectivity index (χ4n) is 3.44. The van der Waals surface area contributed by atoms with Gasteiger partial charge in [0, 0.05) is 61.4 Å². The lowest BCUT2D eigenvalue weighted by atomic mass is 10.2. The molecule has 7 heteroatoms. The van der Waals surface area contributed by atoms with Crippen LogP contribution in [0.4, 0.5) is 5.13 Å². The predicted molar refractivity (Wildman–Crippen MR) is 96.7 cm³/mol. The Morgan fingerprint density at radius 3 is 2.88 bits per heavy atom. The Morgan fingerprint density at radius 1 is 1.25 bits per heavy atom. The SMILES string of the molecule is Cc1cc(C)n2cc(CN3CCN(c4nccs4)C(C)C3)nc2n1. The van der Waals surface area contributed by atoms with Crippen molar-refractivity contribution >= 4 is 22.2 Å². The van der Waals surface area contributed by atoms with Crippen LogP contribution >= 0.6 is 11.3 Å². The number of piperazine rings is 1. The molecule has 0 radical (unpaired) electrons. The molecule has 24 heavy (non-hydrogen) atoms. The Bertz CT molecular complexity index is 840. The number of aromatic nitrogens is 4. The van der Waals surface area contributed by atoms with Crippen LogP contribution in [-0.2, 0) is 6.54 Å². The zero-order valence-electron chi connectivity index (χ0n) is 14.3. The van der Waals surface area contributed by atoms with Crippen molar-refractivity contribution in [2.75, 3.05) is 24.5 Å². The molecule has 1 unspecified atom stereocenters. The van der Waals surface area contributed by atoms with Crippen molar-refractivity contribution in [1.82, 2.24) is 24.3 Å². The molecule has 3 aromatic heterocycles. The molecule has 1 saturated heterocycles. The number of imidazole rings is 1. The van der Waals surface area contributed by atoms with E-state index in [4.69, 9.17) is 4.98 Å². The molecule has 0 N–H and O–H groups in total. The molecular weight excluding hydrogens is 320 g/mol. The van der Waals surface area contributed by atoms with Gasteiger partial charge in [0.05, 0.1) is 5.69 Å². The second-order valence-corrected chi connectivity index (χ2v) is 7.41. The molecule has 0 aliphatic carbocycles. The van der Waals surface area contributed by atoms with Crippen LogP contribution in [0, 0.1) is 13.8 Å². The zero-order chi connectivity index (χ0) is 16.7. The van der Waals surface area contributed by atoms with Crippen LogP contribution in [0.3, 0.4) is 0 Å². The summed E-state index contributed by atoms with van der Waals surface area (Å²) in [5.74, 6) is 0.803. The molecule has 0 bridgehead atoms. The number of fused-ring (bicyclic) bond motifs is 1. The number of anilines is 1. The molecule has 126 valence electrons. The summed E-state index contributed by atoms with van der Waals surface area (Å²) in [6.07, 6.45) is 4.00. The Balaban J connectivity index is 1.48. The van der Waals surface area contributed by atoms with Crippen LogP contribution in [0.1, 0.15) is 24.0 Å². The van der Waals surface area contributed by atoms with Crippen LogP contribution in [0.15, 0.2) is 23.8 Å². The van der Waals surface area contributed by atoms with E-state index in [2.05, 4.69) is 50.3 Å². The molecule has 4 rings (SSSR count). The number of rotatable bonds is 3. The molecule has 0 spiro atoms. The minimum absolute atomic E-state index is 0.462. The van der Waals surface area contributed by atoms with Gasteiger partial charge in [0.1, 0.15) is 0 Å². The first-order valence-corrected chi connectivity index (χ1v) is 9.19. The third-order valence-electron chi connectivity index (χ3n) is 4.57. The highest BCUT2D eigenvalue weighted by Crippen LogP contribution is 2.23. The van der Waals surface area contributed by atoms with Gasteiger partial charge in [-0.1, -0.05) is 0 Å². The van der Waals surface area contributed by atoms with E-state index in [1.54, 1.807) is 11.3 Å². The Morgan fingerprint density at radius 2 is 2.12 bits per heavy atom. The maximum Gasteiger partial charge on any atom is 0.234 e. The topological polar surface area (TPSA) is 49.6 Å². The minimum Gasteiger partial charge on any atom is -0.343 e. The lowest BCUT2D eigenvalue weighted by Gasteiger charge is -2.39. The first-order valence-electron chi connectivity index (χ1n) is 8.31. The van der Waals surface area contributed by atoms with E-state index >= 15 is 0 Å². The van der Waals surface area contributed by atoms with Crippen LogP contribution in [0.5, 0.6) is 0 Å². The third-order valence-corrected chi connectivity index (χ3v) is 5.38. The quantitative estimate of drug-likeness (QED) is 0.732. The molecule has 6 nitrogen and oxygen atoms in total. The lowest BCUT2D eigenvalue weighted by Crippen LogP contribution is -2.51. The molecule has 3 aromatic rings. The summed E-state index contributed by atoms with van der Waals surface area (Å²) in [4.78, 5) is 18.6. The van der Waals surface area contributed by atoms with Crippen molar-refractivity contribution in [2.45, 2.75) is 33.4 Å². The van der Waals surface area contributed by atoms with E-state index in [9.17, 15) is 0 Å². The Hall–Kier alpha value is -1.99. The summed E-state index contributed by atoms with van der Waals surface area (Å²) in [6, 6.07) is 2.55. The highest BCUT2D eigenvalue weighted by molar-refractivity contribution is 7.13. The lowest BCUT2D eigenvalue weighted by molar-refractivity contribution is 0.219. The summed E-state index contributed by atoms with van der Waals surface area (Å²) >= 11 is 1.72. The van der Waals surface area contributed by atoms with Gasteiger partial charge in [0.15, 0.2) is 5.13 Å². The Labute approximate surface area is 145 Å². The first kappa shape index (κ1) is 15.5. The second kappa shape index (κ2) is 6.14. The third kappa shape index (κ3) is 2.89. The highest BCUT2D eigenvalue weighted by Gasteiger charge is 2.25. The molecule has 1 atom stereocenters. The van der Waals surface area contributed by atoms with E-state index in [0.717, 1.165) is 48.5 Å². The molecular formula is C17H22N6S. The van der Waals surface area contributed by atoms with E-state index < -0.39 is 0 Å². The summed E-state index contributed by atoms with van der Waals surface area (Å²) in [5.41, 5.74) is 3.28. The second-order valence-electron chi connectivity index (χ2n) is 6.53. The van der Waals surface area contributed by atoms with E-state index in [0.29, 0.717) is 6.04 Å². The number of hydrogen-bond acceptors (Lipinski definition) is 6.